The molecule has 1 saturated carbocycles. The molecule has 0 saturated heterocycles. The number of aryl methyl sites for hydroxylation is 1. The van der Waals surface area contributed by atoms with Crippen LogP contribution in [0, 0.1) is 6.92 Å². The lowest BCUT2D eigenvalue weighted by atomic mass is 9.94. The second kappa shape index (κ2) is 7.44. The number of benzene rings is 3. The number of hydrogen-bond donors (Lipinski definition) is 2. The summed E-state index contributed by atoms with van der Waals surface area (Å²) in [5.74, 6) is 1.96. The van der Waals surface area contributed by atoms with E-state index in [4.69, 9.17) is 9.47 Å². The Balaban J connectivity index is 1.28. The van der Waals surface area contributed by atoms with Crippen molar-refractivity contribution in [2.24, 2.45) is 0 Å². The van der Waals surface area contributed by atoms with Gasteiger partial charge in [0.2, 0.25) is 18.5 Å². The van der Waals surface area contributed by atoms with Crippen LogP contribution in [0.15, 0.2) is 60.7 Å². The van der Waals surface area contributed by atoms with Crippen molar-refractivity contribution in [2.75, 3.05) is 12.1 Å². The van der Waals surface area contributed by atoms with E-state index in [-0.39, 0.29) is 12.7 Å². The topological polar surface area (TPSA) is 102 Å². The zero-order valence-corrected chi connectivity index (χ0v) is 18.0. The van der Waals surface area contributed by atoms with Gasteiger partial charge in [0, 0.05) is 11.3 Å². The van der Waals surface area contributed by atoms with Crippen LogP contribution in [-0.2, 0) is 10.2 Å². The molecule has 8 heteroatoms. The summed E-state index contributed by atoms with van der Waals surface area (Å²) in [6.45, 7) is 2.27. The van der Waals surface area contributed by atoms with Crippen LogP contribution in [-0.4, -0.2) is 33.3 Å². The molecule has 6 rings (SSSR count). The summed E-state index contributed by atoms with van der Waals surface area (Å²) in [7, 11) is 0. The van der Waals surface area contributed by atoms with Crippen LogP contribution < -0.4 is 14.8 Å². The van der Waals surface area contributed by atoms with Gasteiger partial charge in [-0.05, 0) is 77.6 Å². The molecule has 0 unspecified atom stereocenters. The van der Waals surface area contributed by atoms with Crippen LogP contribution in [0.4, 0.5) is 5.69 Å². The van der Waals surface area contributed by atoms with E-state index in [2.05, 4.69) is 32.9 Å². The molecule has 1 aliphatic carbocycles. The number of ether oxygens (including phenoxy) is 2. The van der Waals surface area contributed by atoms with Gasteiger partial charge in [-0.2, -0.15) is 5.21 Å². The number of fused-ring (bicyclic) bond motifs is 1. The van der Waals surface area contributed by atoms with Crippen LogP contribution in [0.1, 0.15) is 24.0 Å². The number of tetrazole rings is 1. The van der Waals surface area contributed by atoms with Gasteiger partial charge in [-0.3, -0.25) is 4.79 Å². The standard InChI is InChI=1S/C25H21N5O3/c1-15-5-7-19(13-20(15)16-3-2-4-17(11-16)23-27-29-30-28-23)26-24(31)25(9-10-25)18-6-8-21-22(12-18)33-14-32-21/h2-8,11-13H,9-10,14H2,1H3,(H,26,31)(H,27,28,29,30). The van der Waals surface area contributed by atoms with E-state index in [1.807, 2.05) is 60.7 Å². The summed E-state index contributed by atoms with van der Waals surface area (Å²) < 4.78 is 10.9. The summed E-state index contributed by atoms with van der Waals surface area (Å²) in [6.07, 6.45) is 1.62. The number of aromatic nitrogens is 4. The number of carbonyl (C=O) groups is 1. The van der Waals surface area contributed by atoms with Crippen molar-refractivity contribution >= 4 is 11.6 Å². The molecule has 1 amide bonds. The van der Waals surface area contributed by atoms with Gasteiger partial charge >= 0.3 is 0 Å². The summed E-state index contributed by atoms with van der Waals surface area (Å²) in [5.41, 5.74) is 5.23. The van der Waals surface area contributed by atoms with Gasteiger partial charge in [0.25, 0.3) is 0 Å². The quantitative estimate of drug-likeness (QED) is 0.482. The second-order valence-electron chi connectivity index (χ2n) is 8.45. The molecule has 33 heavy (non-hydrogen) atoms. The molecule has 164 valence electrons. The molecule has 2 aliphatic rings. The van der Waals surface area contributed by atoms with E-state index in [9.17, 15) is 4.79 Å². The smallest absolute Gasteiger partial charge is 0.235 e. The minimum atomic E-state index is -0.523. The van der Waals surface area contributed by atoms with Crippen molar-refractivity contribution in [3.63, 3.8) is 0 Å². The van der Waals surface area contributed by atoms with Crippen molar-refractivity contribution in [3.05, 3.63) is 71.8 Å². The van der Waals surface area contributed by atoms with E-state index in [1.165, 1.54) is 0 Å². The molecule has 4 aromatic rings. The van der Waals surface area contributed by atoms with Crippen LogP contribution >= 0.6 is 0 Å². The molecule has 3 aromatic carbocycles. The number of rotatable bonds is 5. The van der Waals surface area contributed by atoms with Crippen molar-refractivity contribution in [1.82, 2.24) is 20.6 Å². The van der Waals surface area contributed by atoms with E-state index in [1.54, 1.807) is 0 Å². The highest BCUT2D eigenvalue weighted by Gasteiger charge is 2.51. The average molecular weight is 439 g/mol. The lowest BCUT2D eigenvalue weighted by molar-refractivity contribution is -0.118. The molecule has 2 N–H and O–H groups in total. The lowest BCUT2D eigenvalue weighted by Crippen LogP contribution is -2.27. The Bertz CT molecular complexity index is 1360. The molecule has 0 radical (unpaired) electrons. The largest absolute Gasteiger partial charge is 0.454 e. The van der Waals surface area contributed by atoms with Gasteiger partial charge in [0.15, 0.2) is 11.5 Å². The predicted octanol–water partition coefficient (Wildman–Crippen LogP) is 4.24. The van der Waals surface area contributed by atoms with Crippen LogP contribution in [0.3, 0.4) is 0 Å². The fourth-order valence-electron chi connectivity index (χ4n) is 4.34. The molecule has 1 aliphatic heterocycles. The van der Waals surface area contributed by atoms with Gasteiger partial charge < -0.3 is 14.8 Å². The fourth-order valence-corrected chi connectivity index (χ4v) is 4.34. The molecule has 0 spiro atoms. The number of aromatic amines is 1. The van der Waals surface area contributed by atoms with Crippen molar-refractivity contribution in [3.8, 4) is 34.0 Å². The normalized spacial score (nSPS) is 15.3. The second-order valence-corrected chi connectivity index (χ2v) is 8.45. The maximum atomic E-state index is 13.3. The van der Waals surface area contributed by atoms with Crippen LogP contribution in [0.25, 0.3) is 22.5 Å². The summed E-state index contributed by atoms with van der Waals surface area (Å²) >= 11 is 0. The van der Waals surface area contributed by atoms with Crippen molar-refractivity contribution in [1.29, 1.82) is 0 Å². The monoisotopic (exact) mass is 439 g/mol. The predicted molar refractivity (Wildman–Crippen MR) is 122 cm³/mol. The Labute approximate surface area is 189 Å². The first kappa shape index (κ1) is 19.5. The van der Waals surface area contributed by atoms with Gasteiger partial charge in [-0.1, -0.05) is 30.3 Å². The Hall–Kier alpha value is -4.20. The third-order valence-corrected chi connectivity index (χ3v) is 6.38. The zero-order chi connectivity index (χ0) is 22.4. The van der Waals surface area contributed by atoms with Gasteiger partial charge in [0.05, 0.1) is 5.41 Å². The summed E-state index contributed by atoms with van der Waals surface area (Å²) in [6, 6.07) is 19.7. The molecule has 1 aromatic heterocycles. The summed E-state index contributed by atoms with van der Waals surface area (Å²) in [5, 5.41) is 17.4. The average Bonchev–Trinajstić information content (AvgIpc) is 3.24. The molecule has 8 nitrogen and oxygen atoms in total. The number of hydrogen-bond acceptors (Lipinski definition) is 6. The number of carbonyl (C=O) groups excluding carboxylic acids is 1. The molecular weight excluding hydrogens is 418 g/mol. The van der Waals surface area contributed by atoms with Crippen molar-refractivity contribution in [2.45, 2.75) is 25.2 Å². The third-order valence-electron chi connectivity index (χ3n) is 6.38. The van der Waals surface area contributed by atoms with Crippen molar-refractivity contribution < 1.29 is 14.3 Å². The first-order valence-electron chi connectivity index (χ1n) is 10.8. The highest BCUT2D eigenvalue weighted by molar-refractivity contribution is 6.02. The first-order valence-corrected chi connectivity index (χ1v) is 10.8. The Morgan fingerprint density at radius 3 is 2.67 bits per heavy atom. The third kappa shape index (κ3) is 3.40. The number of H-pyrrole nitrogens is 1. The van der Waals surface area contributed by atoms with E-state index >= 15 is 0 Å². The van der Waals surface area contributed by atoms with Gasteiger partial charge in [0.1, 0.15) is 0 Å². The molecule has 0 atom stereocenters. The van der Waals surface area contributed by atoms with E-state index in [0.717, 1.165) is 52.1 Å². The number of nitrogens with one attached hydrogen (secondary N) is 2. The highest BCUT2D eigenvalue weighted by atomic mass is 16.7. The summed E-state index contributed by atoms with van der Waals surface area (Å²) in [4.78, 5) is 13.3. The van der Waals surface area contributed by atoms with Gasteiger partial charge in [-0.15, -0.1) is 10.2 Å². The number of amides is 1. The lowest BCUT2D eigenvalue weighted by Gasteiger charge is -2.17. The SMILES string of the molecule is Cc1ccc(NC(=O)C2(c3ccc4c(c3)OCO4)CC2)cc1-c1cccc(-c2nn[nH]n2)c1. The van der Waals surface area contributed by atoms with Gasteiger partial charge in [-0.25, -0.2) is 0 Å². The van der Waals surface area contributed by atoms with E-state index in [0.29, 0.717) is 11.6 Å². The fraction of sp³-hybridized carbons (Fsp3) is 0.200. The molecular formula is C25H21N5O3. The van der Waals surface area contributed by atoms with E-state index < -0.39 is 5.41 Å². The number of anilines is 1. The Kier molecular flexibility index (Phi) is 4.39. The first-order chi connectivity index (χ1) is 16.1. The minimum absolute atomic E-state index is 0.00304. The van der Waals surface area contributed by atoms with Crippen LogP contribution in [0.2, 0.25) is 0 Å². The molecule has 1 fully saturated rings. The zero-order valence-electron chi connectivity index (χ0n) is 18.0. The minimum Gasteiger partial charge on any atom is -0.454 e. The maximum Gasteiger partial charge on any atom is 0.235 e. The van der Waals surface area contributed by atoms with Crippen LogP contribution in [0.5, 0.6) is 11.5 Å². The molecule has 0 bridgehead atoms. The highest BCUT2D eigenvalue weighted by Crippen LogP contribution is 2.51. The Morgan fingerprint density at radius 1 is 1.00 bits per heavy atom. The molecule has 2 heterocycles. The number of nitrogens with zero attached hydrogens (tertiary/aromatic N) is 3. The maximum absolute atomic E-state index is 13.3. The Morgan fingerprint density at radius 2 is 1.85 bits per heavy atom.